The summed E-state index contributed by atoms with van der Waals surface area (Å²) in [6.07, 6.45) is 2.55. The van der Waals surface area contributed by atoms with Gasteiger partial charge in [-0.2, -0.15) is 0 Å². The van der Waals surface area contributed by atoms with Crippen molar-refractivity contribution >= 4 is 11.9 Å². The topological polar surface area (TPSA) is 66.4 Å². The molecule has 0 heterocycles. The van der Waals surface area contributed by atoms with Crippen molar-refractivity contribution in [3.8, 4) is 0 Å². The van der Waals surface area contributed by atoms with Crippen molar-refractivity contribution in [3.05, 3.63) is 0 Å². The fraction of sp³-hybridized carbons (Fsp3) is 0.800. The summed E-state index contributed by atoms with van der Waals surface area (Å²) >= 11 is 0. The van der Waals surface area contributed by atoms with Gasteiger partial charge < -0.3 is 10.4 Å². The molecule has 2 atom stereocenters. The van der Waals surface area contributed by atoms with Crippen LogP contribution in [-0.2, 0) is 9.59 Å². The molecular weight excluding hydrogens is 182 g/mol. The monoisotopic (exact) mass is 199 g/mol. The molecule has 0 spiro atoms. The maximum atomic E-state index is 11.4. The number of hydrogen-bond acceptors (Lipinski definition) is 2. The fourth-order valence-electron chi connectivity index (χ4n) is 1.30. The van der Waals surface area contributed by atoms with Gasteiger partial charge in [0.15, 0.2) is 0 Å². The molecule has 14 heavy (non-hydrogen) atoms. The van der Waals surface area contributed by atoms with Gasteiger partial charge in [0.05, 0.1) is 0 Å². The molecule has 0 radical (unpaired) electrons. The first-order valence-corrected chi connectivity index (χ1v) is 5.09. The highest BCUT2D eigenvalue weighted by atomic mass is 16.4. The van der Waals surface area contributed by atoms with E-state index in [0.29, 0.717) is 0 Å². The molecule has 1 aliphatic carbocycles. The summed E-state index contributed by atoms with van der Waals surface area (Å²) in [6, 6.07) is -0.729. The van der Waals surface area contributed by atoms with Crippen molar-refractivity contribution in [3.63, 3.8) is 0 Å². The lowest BCUT2D eigenvalue weighted by Gasteiger charge is -2.19. The van der Waals surface area contributed by atoms with E-state index in [4.69, 9.17) is 5.11 Å². The van der Waals surface area contributed by atoms with Crippen LogP contribution in [0.1, 0.15) is 33.1 Å². The lowest BCUT2D eigenvalue weighted by Crippen LogP contribution is -2.45. The Bertz CT molecular complexity index is 236. The summed E-state index contributed by atoms with van der Waals surface area (Å²) in [5.41, 5.74) is 0. The van der Waals surface area contributed by atoms with E-state index in [-0.39, 0.29) is 17.7 Å². The quantitative estimate of drug-likeness (QED) is 0.694. The van der Waals surface area contributed by atoms with Crippen LogP contribution in [0.5, 0.6) is 0 Å². The Balaban J connectivity index is 2.49. The molecule has 80 valence electrons. The second kappa shape index (κ2) is 4.44. The van der Waals surface area contributed by atoms with E-state index in [0.717, 1.165) is 19.3 Å². The predicted molar refractivity (Wildman–Crippen MR) is 51.7 cm³/mol. The standard InChI is InChI=1S/C10H17NO3/c1-3-6(2)8(10(13)14)11-9(12)7-4-5-7/h6-8H,3-5H2,1-2H3,(H,11,12)(H,13,14)/t6-,8+/m1/s1. The molecular formula is C10H17NO3. The maximum Gasteiger partial charge on any atom is 0.326 e. The van der Waals surface area contributed by atoms with E-state index in [1.807, 2.05) is 13.8 Å². The van der Waals surface area contributed by atoms with E-state index in [9.17, 15) is 9.59 Å². The van der Waals surface area contributed by atoms with Crippen LogP contribution in [0, 0.1) is 11.8 Å². The lowest BCUT2D eigenvalue weighted by atomic mass is 9.99. The van der Waals surface area contributed by atoms with Crippen LogP contribution in [0.2, 0.25) is 0 Å². The number of carboxylic acid groups (broad SMARTS) is 1. The van der Waals surface area contributed by atoms with Crippen LogP contribution >= 0.6 is 0 Å². The minimum atomic E-state index is -0.937. The molecule has 0 unspecified atom stereocenters. The normalized spacial score (nSPS) is 19.9. The van der Waals surface area contributed by atoms with Crippen LogP contribution < -0.4 is 5.32 Å². The maximum absolute atomic E-state index is 11.4. The minimum absolute atomic E-state index is 0.0183. The van der Waals surface area contributed by atoms with Crippen molar-refractivity contribution in [1.82, 2.24) is 5.32 Å². The zero-order valence-corrected chi connectivity index (χ0v) is 8.62. The molecule has 2 N–H and O–H groups in total. The number of nitrogens with one attached hydrogen (secondary N) is 1. The van der Waals surface area contributed by atoms with Crippen molar-refractivity contribution in [2.45, 2.75) is 39.2 Å². The zero-order valence-electron chi connectivity index (χ0n) is 8.62. The molecule has 0 aromatic rings. The van der Waals surface area contributed by atoms with Crippen LogP contribution in [0.15, 0.2) is 0 Å². The summed E-state index contributed by atoms with van der Waals surface area (Å²) in [5, 5.41) is 11.5. The van der Waals surface area contributed by atoms with Gasteiger partial charge in [-0.25, -0.2) is 4.79 Å². The van der Waals surface area contributed by atoms with Gasteiger partial charge in [-0.15, -0.1) is 0 Å². The molecule has 1 rings (SSSR count). The van der Waals surface area contributed by atoms with Gasteiger partial charge in [0.25, 0.3) is 0 Å². The Morgan fingerprint density at radius 2 is 2.07 bits per heavy atom. The fourth-order valence-corrected chi connectivity index (χ4v) is 1.30. The van der Waals surface area contributed by atoms with E-state index in [1.165, 1.54) is 0 Å². The van der Waals surface area contributed by atoms with E-state index in [2.05, 4.69) is 5.32 Å². The van der Waals surface area contributed by atoms with E-state index in [1.54, 1.807) is 0 Å². The first-order chi connectivity index (χ1) is 6.56. The Labute approximate surface area is 83.7 Å². The van der Waals surface area contributed by atoms with E-state index < -0.39 is 12.0 Å². The van der Waals surface area contributed by atoms with Crippen molar-refractivity contribution in [2.75, 3.05) is 0 Å². The molecule has 1 fully saturated rings. The number of carbonyl (C=O) groups excluding carboxylic acids is 1. The van der Waals surface area contributed by atoms with Crippen LogP contribution in [0.3, 0.4) is 0 Å². The average Bonchev–Trinajstić information content (AvgIpc) is 2.95. The molecule has 0 aromatic heterocycles. The molecule has 0 saturated heterocycles. The van der Waals surface area contributed by atoms with Gasteiger partial charge in [0.2, 0.25) is 5.91 Å². The van der Waals surface area contributed by atoms with Crippen LogP contribution in [0.25, 0.3) is 0 Å². The van der Waals surface area contributed by atoms with Gasteiger partial charge in [-0.1, -0.05) is 20.3 Å². The number of hydrogen-bond donors (Lipinski definition) is 2. The molecule has 0 aromatic carbocycles. The zero-order chi connectivity index (χ0) is 10.7. The molecule has 1 amide bonds. The van der Waals surface area contributed by atoms with Gasteiger partial charge in [-0.05, 0) is 18.8 Å². The minimum Gasteiger partial charge on any atom is -0.480 e. The third-order valence-electron chi connectivity index (χ3n) is 2.72. The highest BCUT2D eigenvalue weighted by Crippen LogP contribution is 2.29. The van der Waals surface area contributed by atoms with Gasteiger partial charge >= 0.3 is 5.97 Å². The Kier molecular flexibility index (Phi) is 3.49. The summed E-state index contributed by atoms with van der Waals surface area (Å²) in [6.45, 7) is 3.76. The average molecular weight is 199 g/mol. The molecule has 4 heteroatoms. The van der Waals surface area contributed by atoms with Crippen LogP contribution in [-0.4, -0.2) is 23.0 Å². The highest BCUT2D eigenvalue weighted by molar-refractivity contribution is 5.86. The summed E-state index contributed by atoms with van der Waals surface area (Å²) < 4.78 is 0. The second-order valence-electron chi connectivity index (χ2n) is 3.98. The smallest absolute Gasteiger partial charge is 0.326 e. The Hall–Kier alpha value is -1.06. The molecule has 1 aliphatic rings. The molecule has 4 nitrogen and oxygen atoms in total. The third kappa shape index (κ3) is 2.72. The summed E-state index contributed by atoms with van der Waals surface area (Å²) in [7, 11) is 0. The first-order valence-electron chi connectivity index (χ1n) is 5.09. The molecule has 0 bridgehead atoms. The largest absolute Gasteiger partial charge is 0.480 e. The number of carboxylic acids is 1. The number of aliphatic carboxylic acids is 1. The highest BCUT2D eigenvalue weighted by Gasteiger charge is 2.33. The van der Waals surface area contributed by atoms with Crippen molar-refractivity contribution < 1.29 is 14.7 Å². The number of carbonyl (C=O) groups is 2. The first kappa shape index (κ1) is 11.0. The van der Waals surface area contributed by atoms with Crippen LogP contribution in [0.4, 0.5) is 0 Å². The Morgan fingerprint density at radius 1 is 1.50 bits per heavy atom. The third-order valence-corrected chi connectivity index (χ3v) is 2.72. The van der Waals surface area contributed by atoms with Gasteiger partial charge in [0, 0.05) is 5.92 Å². The summed E-state index contributed by atoms with van der Waals surface area (Å²) in [4.78, 5) is 22.2. The Morgan fingerprint density at radius 3 is 2.43 bits per heavy atom. The van der Waals surface area contributed by atoms with Crippen molar-refractivity contribution in [1.29, 1.82) is 0 Å². The molecule has 0 aliphatic heterocycles. The van der Waals surface area contributed by atoms with Crippen molar-refractivity contribution in [2.24, 2.45) is 11.8 Å². The predicted octanol–water partition coefficient (Wildman–Crippen LogP) is 1.01. The SMILES string of the molecule is CC[C@@H](C)[C@H](NC(=O)C1CC1)C(=O)O. The number of amides is 1. The van der Waals surface area contributed by atoms with Gasteiger partial charge in [-0.3, -0.25) is 4.79 Å². The second-order valence-corrected chi connectivity index (χ2v) is 3.98. The van der Waals surface area contributed by atoms with E-state index >= 15 is 0 Å². The number of rotatable bonds is 5. The lowest BCUT2D eigenvalue weighted by molar-refractivity contribution is -0.143. The summed E-state index contributed by atoms with van der Waals surface area (Å²) in [5.74, 6) is -0.984. The van der Waals surface area contributed by atoms with Gasteiger partial charge in [0.1, 0.15) is 6.04 Å². The molecule has 1 saturated carbocycles.